The lowest BCUT2D eigenvalue weighted by molar-refractivity contribution is -0.136. The van der Waals surface area contributed by atoms with Gasteiger partial charge in [-0.25, -0.2) is 8.42 Å². The fourth-order valence-corrected chi connectivity index (χ4v) is 11.2. The zero-order valence-corrected chi connectivity index (χ0v) is 27.8. The van der Waals surface area contributed by atoms with Gasteiger partial charge in [-0.1, -0.05) is 13.0 Å². The fourth-order valence-electron chi connectivity index (χ4n) is 8.80. The molecule has 4 atom stereocenters. The number of anilines is 1. The average molecular weight is 669 g/mol. The molecule has 7 rings (SSSR count). The van der Waals surface area contributed by atoms with Crippen molar-refractivity contribution in [3.8, 4) is 0 Å². The van der Waals surface area contributed by atoms with E-state index in [1.54, 1.807) is 18.2 Å². The molecule has 3 unspecified atom stereocenters. The van der Waals surface area contributed by atoms with Gasteiger partial charge in [0.25, 0.3) is 11.8 Å². The smallest absolute Gasteiger partial charge is 0.264 e. The topological polar surface area (TPSA) is 148 Å². The molecule has 1 aromatic carbocycles. The van der Waals surface area contributed by atoms with Crippen LogP contribution in [0.25, 0.3) is 0 Å². The predicted octanol–water partition coefficient (Wildman–Crippen LogP) is 1.04. The number of nitrogens with one attached hydrogen (secondary N) is 1. The Morgan fingerprint density at radius 3 is 2.21 bits per heavy atom. The second kappa shape index (κ2) is 12.6. The van der Waals surface area contributed by atoms with Crippen LogP contribution in [0.1, 0.15) is 79.0 Å². The van der Waals surface area contributed by atoms with Crippen molar-refractivity contribution >= 4 is 45.2 Å². The Bertz CT molecular complexity index is 1570. The Labute approximate surface area is 275 Å². The van der Waals surface area contributed by atoms with E-state index in [1.807, 2.05) is 14.1 Å². The molecule has 0 saturated carbocycles. The SMILES string of the molecule is CC1CC2CC[C@H](C1)N2S(=O)(=O)CC1CCN(CC(=O)N2CCN(c3cccc4c3C(=O)N(C3CCC(=O)NC3=O)C4=O)CC2)CC1. The van der Waals surface area contributed by atoms with Crippen molar-refractivity contribution in [3.63, 3.8) is 0 Å². The summed E-state index contributed by atoms with van der Waals surface area (Å²) in [5.41, 5.74) is 1.10. The number of carbonyl (C=O) groups excluding carboxylic acids is 5. The second-order valence-electron chi connectivity index (χ2n) is 14.3. The van der Waals surface area contributed by atoms with Gasteiger partial charge in [0.15, 0.2) is 0 Å². The minimum Gasteiger partial charge on any atom is -0.367 e. The van der Waals surface area contributed by atoms with Crippen LogP contribution in [0.3, 0.4) is 0 Å². The number of fused-ring (bicyclic) bond motifs is 3. The number of piperidine rings is 3. The summed E-state index contributed by atoms with van der Waals surface area (Å²) in [4.78, 5) is 71.1. The van der Waals surface area contributed by atoms with Gasteiger partial charge in [-0.15, -0.1) is 0 Å². The van der Waals surface area contributed by atoms with Gasteiger partial charge >= 0.3 is 0 Å². The van der Waals surface area contributed by atoms with E-state index in [4.69, 9.17) is 0 Å². The Balaban J connectivity index is 0.905. The van der Waals surface area contributed by atoms with Crippen molar-refractivity contribution in [1.29, 1.82) is 0 Å². The quantitative estimate of drug-likeness (QED) is 0.421. The molecule has 1 N–H and O–H groups in total. The molecule has 0 aromatic heterocycles. The van der Waals surface area contributed by atoms with E-state index in [0.717, 1.165) is 43.4 Å². The maximum absolute atomic E-state index is 13.5. The molecule has 1 aromatic rings. The van der Waals surface area contributed by atoms with Crippen molar-refractivity contribution < 1.29 is 32.4 Å². The van der Waals surface area contributed by atoms with E-state index < -0.39 is 39.7 Å². The first-order chi connectivity index (χ1) is 22.5. The highest BCUT2D eigenvalue weighted by Gasteiger charge is 2.47. The van der Waals surface area contributed by atoms with Crippen LogP contribution >= 0.6 is 0 Å². The first-order valence-corrected chi connectivity index (χ1v) is 18.7. The number of amides is 5. The maximum Gasteiger partial charge on any atom is 0.264 e. The molecule has 6 aliphatic rings. The lowest BCUT2D eigenvalue weighted by Gasteiger charge is -2.39. The summed E-state index contributed by atoms with van der Waals surface area (Å²) >= 11 is 0. The molecule has 0 radical (unpaired) electrons. The zero-order valence-electron chi connectivity index (χ0n) is 26.9. The number of benzene rings is 1. The molecule has 13 nitrogen and oxygen atoms in total. The third-order valence-electron chi connectivity index (χ3n) is 11.2. The molecule has 0 spiro atoms. The molecule has 14 heteroatoms. The highest BCUT2D eigenvalue weighted by molar-refractivity contribution is 7.89. The molecular weight excluding hydrogens is 624 g/mol. The number of hydrogen-bond donors (Lipinski definition) is 1. The van der Waals surface area contributed by atoms with Crippen LogP contribution in [0.2, 0.25) is 0 Å². The number of sulfonamides is 1. The molecule has 254 valence electrons. The summed E-state index contributed by atoms with van der Waals surface area (Å²) < 4.78 is 28.7. The van der Waals surface area contributed by atoms with E-state index in [-0.39, 0.29) is 53.6 Å². The second-order valence-corrected chi connectivity index (χ2v) is 16.2. The lowest BCUT2D eigenvalue weighted by Crippen LogP contribution is -2.54. The Kier molecular flexibility index (Phi) is 8.62. The summed E-state index contributed by atoms with van der Waals surface area (Å²) in [6.07, 6.45) is 5.60. The monoisotopic (exact) mass is 668 g/mol. The Morgan fingerprint density at radius 1 is 0.872 bits per heavy atom. The van der Waals surface area contributed by atoms with Gasteiger partial charge in [0, 0.05) is 44.7 Å². The molecule has 6 heterocycles. The number of likely N-dealkylation sites (tertiary alicyclic amines) is 1. The van der Waals surface area contributed by atoms with Crippen LogP contribution < -0.4 is 10.2 Å². The van der Waals surface area contributed by atoms with Gasteiger partial charge < -0.3 is 9.80 Å². The maximum atomic E-state index is 13.5. The van der Waals surface area contributed by atoms with Crippen LogP contribution in [0.4, 0.5) is 5.69 Å². The van der Waals surface area contributed by atoms with E-state index in [9.17, 15) is 32.4 Å². The van der Waals surface area contributed by atoms with Gasteiger partial charge in [-0.3, -0.25) is 39.1 Å². The van der Waals surface area contributed by atoms with Gasteiger partial charge in [0.1, 0.15) is 6.04 Å². The van der Waals surface area contributed by atoms with Crippen LogP contribution in [0.5, 0.6) is 0 Å². The molecule has 5 amide bonds. The number of carbonyl (C=O) groups is 5. The van der Waals surface area contributed by atoms with Gasteiger partial charge in [0.05, 0.1) is 29.1 Å². The van der Waals surface area contributed by atoms with E-state index in [0.29, 0.717) is 57.4 Å². The fraction of sp³-hybridized carbons (Fsp3) is 0.667. The van der Waals surface area contributed by atoms with Crippen LogP contribution in [-0.2, 0) is 24.4 Å². The molecule has 2 bridgehead atoms. The van der Waals surface area contributed by atoms with Crippen LogP contribution in [0.15, 0.2) is 18.2 Å². The van der Waals surface area contributed by atoms with Crippen molar-refractivity contribution in [2.75, 3.05) is 56.5 Å². The summed E-state index contributed by atoms with van der Waals surface area (Å²) in [6, 6.07) is 4.41. The molecular formula is C33H44N6O7S. The minimum atomic E-state index is -3.29. The lowest BCUT2D eigenvalue weighted by atomic mass is 9.94. The van der Waals surface area contributed by atoms with Gasteiger partial charge in [-0.05, 0) is 82.0 Å². The van der Waals surface area contributed by atoms with Crippen molar-refractivity contribution in [1.82, 2.24) is 24.3 Å². The van der Waals surface area contributed by atoms with Crippen LogP contribution in [0, 0.1) is 11.8 Å². The number of piperazine rings is 1. The zero-order chi connectivity index (χ0) is 33.0. The Morgan fingerprint density at radius 2 is 1.55 bits per heavy atom. The number of hydrogen-bond acceptors (Lipinski definition) is 9. The first kappa shape index (κ1) is 32.2. The third-order valence-corrected chi connectivity index (χ3v) is 13.3. The van der Waals surface area contributed by atoms with Crippen molar-refractivity contribution in [2.24, 2.45) is 11.8 Å². The summed E-state index contributed by atoms with van der Waals surface area (Å²) in [6.45, 7) is 5.82. The molecule has 5 fully saturated rings. The average Bonchev–Trinajstić information content (AvgIpc) is 3.48. The summed E-state index contributed by atoms with van der Waals surface area (Å²) in [5.74, 6) is -1.19. The van der Waals surface area contributed by atoms with E-state index in [2.05, 4.69) is 17.1 Å². The largest absolute Gasteiger partial charge is 0.367 e. The Hall–Kier alpha value is -3.36. The highest BCUT2D eigenvalue weighted by atomic mass is 32.2. The number of imide groups is 2. The van der Waals surface area contributed by atoms with Crippen LogP contribution in [-0.4, -0.2) is 127 Å². The summed E-state index contributed by atoms with van der Waals surface area (Å²) in [5, 5.41) is 2.22. The molecule has 0 aliphatic carbocycles. The molecule has 5 saturated heterocycles. The predicted molar refractivity (Wildman–Crippen MR) is 172 cm³/mol. The van der Waals surface area contributed by atoms with Crippen molar-refractivity contribution in [2.45, 2.75) is 76.4 Å². The molecule has 47 heavy (non-hydrogen) atoms. The van der Waals surface area contributed by atoms with E-state index in [1.165, 1.54) is 0 Å². The summed E-state index contributed by atoms with van der Waals surface area (Å²) in [7, 11) is -3.29. The normalized spacial score (nSPS) is 29.4. The van der Waals surface area contributed by atoms with Crippen molar-refractivity contribution in [3.05, 3.63) is 29.3 Å². The third kappa shape index (κ3) is 6.08. The van der Waals surface area contributed by atoms with Gasteiger partial charge in [0.2, 0.25) is 27.7 Å². The molecule has 6 aliphatic heterocycles. The highest BCUT2D eigenvalue weighted by Crippen LogP contribution is 2.41. The number of rotatable bonds is 7. The van der Waals surface area contributed by atoms with Gasteiger partial charge in [-0.2, -0.15) is 4.31 Å². The minimum absolute atomic E-state index is 0.0308. The van der Waals surface area contributed by atoms with E-state index >= 15 is 0 Å². The first-order valence-electron chi connectivity index (χ1n) is 17.1. The number of nitrogens with zero attached hydrogens (tertiary/aromatic N) is 5. The standard InChI is InChI=1S/C33H44N6O7S/c1-21-17-23-5-6-24(18-21)39(23)47(45,46)20-22-9-11-35(12-10-22)19-29(41)37-15-13-36(14-16-37)26-4-2-3-25-30(26)33(44)38(32(25)43)27-7-8-28(40)34-31(27)42/h2-4,21-24,27H,5-20H2,1H3,(H,34,40,42)/t21?,23-,24?,27?/m1/s1.